The smallest absolute Gasteiger partial charge is 0.313 e. The Hall–Kier alpha value is -0.870. The van der Waals surface area contributed by atoms with Gasteiger partial charge < -0.3 is 15.0 Å². The standard InChI is InChI=1S/C20H38N2O2/c1-6-8-9-11-17-15-18(21-12-10-13-22(4)5)14-16(3)19(17)20(23)24-7-2/h14,17-19,21H,6-13,15H2,1-5H3/p+2/t17-,18+,19+/m1/s1. The fourth-order valence-corrected chi connectivity index (χ4v) is 3.87. The molecule has 0 aromatic rings. The van der Waals surface area contributed by atoms with Gasteiger partial charge in [-0.05, 0) is 32.3 Å². The van der Waals surface area contributed by atoms with Crippen LogP contribution in [-0.4, -0.2) is 45.8 Å². The zero-order chi connectivity index (χ0) is 17.9. The Labute approximate surface area is 149 Å². The highest BCUT2D eigenvalue weighted by Gasteiger charge is 2.36. The predicted molar refractivity (Wildman–Crippen MR) is 99.0 cm³/mol. The van der Waals surface area contributed by atoms with Crippen molar-refractivity contribution in [3.8, 4) is 0 Å². The molecule has 0 aliphatic heterocycles. The van der Waals surface area contributed by atoms with E-state index < -0.39 is 0 Å². The van der Waals surface area contributed by atoms with Crippen LogP contribution < -0.4 is 10.2 Å². The van der Waals surface area contributed by atoms with Crippen LogP contribution in [0.25, 0.3) is 0 Å². The summed E-state index contributed by atoms with van der Waals surface area (Å²) in [4.78, 5) is 13.9. The largest absolute Gasteiger partial charge is 0.466 e. The molecule has 1 aliphatic rings. The third-order valence-electron chi connectivity index (χ3n) is 5.08. The summed E-state index contributed by atoms with van der Waals surface area (Å²) in [6, 6.07) is 0.527. The van der Waals surface area contributed by atoms with Crippen LogP contribution in [0.2, 0.25) is 0 Å². The topological polar surface area (TPSA) is 47.4 Å². The summed E-state index contributed by atoms with van der Waals surface area (Å²) < 4.78 is 5.36. The SMILES string of the molecule is CCCCC[C@@H]1C[C@@H]([NH2+]CCC[NH+](C)C)C=C(C)[C@@H]1C(=O)OCC. The molecule has 0 spiro atoms. The lowest BCUT2D eigenvalue weighted by atomic mass is 9.74. The number of hydrogen-bond acceptors (Lipinski definition) is 2. The highest BCUT2D eigenvalue weighted by atomic mass is 16.5. The van der Waals surface area contributed by atoms with E-state index >= 15 is 0 Å². The first-order chi connectivity index (χ1) is 11.5. The average Bonchev–Trinajstić information content (AvgIpc) is 2.51. The first-order valence-corrected chi connectivity index (χ1v) is 9.96. The van der Waals surface area contributed by atoms with Crippen molar-refractivity contribution in [2.45, 2.75) is 65.3 Å². The molecule has 4 heteroatoms. The summed E-state index contributed by atoms with van der Waals surface area (Å²) in [7, 11) is 4.41. The van der Waals surface area contributed by atoms with Gasteiger partial charge in [0.25, 0.3) is 0 Å². The van der Waals surface area contributed by atoms with Gasteiger partial charge in [-0.15, -0.1) is 0 Å². The molecule has 0 aromatic heterocycles. The van der Waals surface area contributed by atoms with E-state index in [0.717, 1.165) is 12.8 Å². The third-order valence-corrected chi connectivity index (χ3v) is 5.08. The van der Waals surface area contributed by atoms with Crippen LogP contribution in [0.4, 0.5) is 0 Å². The molecule has 1 aliphatic carbocycles. The van der Waals surface area contributed by atoms with E-state index in [1.807, 2.05) is 6.92 Å². The molecule has 0 aromatic carbocycles. The molecule has 4 nitrogen and oxygen atoms in total. The van der Waals surface area contributed by atoms with E-state index in [1.54, 1.807) is 0 Å². The molecule has 0 unspecified atom stereocenters. The third kappa shape index (κ3) is 7.35. The van der Waals surface area contributed by atoms with Gasteiger partial charge in [-0.25, -0.2) is 0 Å². The molecule has 1 rings (SSSR count). The minimum atomic E-state index is -0.0160. The Morgan fingerprint density at radius 1 is 1.29 bits per heavy atom. The number of carbonyl (C=O) groups excluding carboxylic acids is 1. The molecule has 0 amide bonds. The summed E-state index contributed by atoms with van der Waals surface area (Å²) in [5.41, 5.74) is 1.22. The summed E-state index contributed by atoms with van der Waals surface area (Å²) >= 11 is 0. The van der Waals surface area contributed by atoms with Crippen molar-refractivity contribution in [3.63, 3.8) is 0 Å². The fraction of sp³-hybridized carbons (Fsp3) is 0.850. The minimum absolute atomic E-state index is 0.0117. The van der Waals surface area contributed by atoms with Crippen LogP contribution in [0.15, 0.2) is 11.6 Å². The summed E-state index contributed by atoms with van der Waals surface area (Å²) in [5, 5.41) is 2.47. The normalized spacial score (nSPS) is 24.1. The van der Waals surface area contributed by atoms with Gasteiger partial charge in [0, 0.05) is 12.8 Å². The highest BCUT2D eigenvalue weighted by molar-refractivity contribution is 5.76. The van der Waals surface area contributed by atoms with Gasteiger partial charge in [-0.1, -0.05) is 31.8 Å². The van der Waals surface area contributed by atoms with Crippen LogP contribution in [0.5, 0.6) is 0 Å². The van der Waals surface area contributed by atoms with Gasteiger partial charge in [0.2, 0.25) is 0 Å². The Bertz CT molecular complexity index is 393. The maximum atomic E-state index is 12.4. The summed E-state index contributed by atoms with van der Waals surface area (Å²) in [5.74, 6) is 0.418. The van der Waals surface area contributed by atoms with Gasteiger partial charge in [0.1, 0.15) is 6.04 Å². The molecular weight excluding hydrogens is 300 g/mol. The lowest BCUT2D eigenvalue weighted by Gasteiger charge is -2.32. The van der Waals surface area contributed by atoms with Crippen molar-refractivity contribution in [1.82, 2.24) is 0 Å². The summed E-state index contributed by atoms with van der Waals surface area (Å²) in [6.45, 7) is 9.13. The van der Waals surface area contributed by atoms with Crippen LogP contribution in [0.3, 0.4) is 0 Å². The molecule has 0 fully saturated rings. The van der Waals surface area contributed by atoms with Gasteiger partial charge in [0.15, 0.2) is 0 Å². The molecule has 0 saturated heterocycles. The lowest BCUT2D eigenvalue weighted by Crippen LogP contribution is -3.06. The fourth-order valence-electron chi connectivity index (χ4n) is 3.87. The van der Waals surface area contributed by atoms with Crippen molar-refractivity contribution < 1.29 is 19.7 Å². The van der Waals surface area contributed by atoms with Crippen molar-refractivity contribution >= 4 is 5.97 Å². The quantitative estimate of drug-likeness (QED) is 0.337. The van der Waals surface area contributed by atoms with Gasteiger partial charge in [-0.3, -0.25) is 4.79 Å². The van der Waals surface area contributed by atoms with Gasteiger partial charge in [0.05, 0.1) is 39.7 Å². The molecule has 0 saturated carbocycles. The molecule has 0 heterocycles. The molecule has 0 bridgehead atoms. The number of esters is 1. The van der Waals surface area contributed by atoms with Crippen LogP contribution in [0.1, 0.15) is 59.3 Å². The number of hydrogen-bond donors (Lipinski definition) is 2. The van der Waals surface area contributed by atoms with E-state index in [-0.39, 0.29) is 11.9 Å². The number of ether oxygens (including phenoxy) is 1. The van der Waals surface area contributed by atoms with E-state index in [2.05, 4.69) is 39.3 Å². The molecule has 0 radical (unpaired) electrons. The van der Waals surface area contributed by atoms with E-state index in [1.165, 1.54) is 49.2 Å². The Morgan fingerprint density at radius 3 is 2.67 bits per heavy atom. The molecule has 24 heavy (non-hydrogen) atoms. The second-order valence-corrected chi connectivity index (χ2v) is 7.63. The highest BCUT2D eigenvalue weighted by Crippen LogP contribution is 2.34. The Morgan fingerprint density at radius 2 is 2.04 bits per heavy atom. The second-order valence-electron chi connectivity index (χ2n) is 7.63. The number of quaternary nitrogens is 2. The summed E-state index contributed by atoms with van der Waals surface area (Å²) in [6.07, 6.45) is 9.53. The number of unbranched alkanes of at least 4 members (excludes halogenated alkanes) is 2. The maximum absolute atomic E-state index is 12.4. The van der Waals surface area contributed by atoms with Crippen molar-refractivity contribution in [2.24, 2.45) is 11.8 Å². The van der Waals surface area contributed by atoms with E-state index in [0.29, 0.717) is 18.6 Å². The van der Waals surface area contributed by atoms with Crippen LogP contribution in [0, 0.1) is 11.8 Å². The maximum Gasteiger partial charge on any atom is 0.313 e. The minimum Gasteiger partial charge on any atom is -0.466 e. The zero-order valence-electron chi connectivity index (χ0n) is 16.6. The molecule has 3 N–H and O–H groups in total. The molecule has 3 atom stereocenters. The van der Waals surface area contributed by atoms with E-state index in [4.69, 9.17) is 4.74 Å². The predicted octanol–water partition coefficient (Wildman–Crippen LogP) is 1.18. The van der Waals surface area contributed by atoms with Crippen molar-refractivity contribution in [3.05, 3.63) is 11.6 Å². The second kappa shape index (κ2) is 11.6. The number of carbonyl (C=O) groups is 1. The molecule has 140 valence electrons. The van der Waals surface area contributed by atoms with Gasteiger partial charge >= 0.3 is 5.97 Å². The van der Waals surface area contributed by atoms with Crippen molar-refractivity contribution in [2.75, 3.05) is 33.8 Å². The molecular formula is C20H40N2O2+2. The van der Waals surface area contributed by atoms with Crippen molar-refractivity contribution in [1.29, 1.82) is 0 Å². The van der Waals surface area contributed by atoms with Gasteiger partial charge in [-0.2, -0.15) is 0 Å². The monoisotopic (exact) mass is 340 g/mol. The lowest BCUT2D eigenvalue weighted by molar-refractivity contribution is -0.860. The number of nitrogens with two attached hydrogens (primary N) is 1. The van der Waals surface area contributed by atoms with Crippen LogP contribution in [-0.2, 0) is 9.53 Å². The zero-order valence-corrected chi connectivity index (χ0v) is 16.6. The first-order valence-electron chi connectivity index (χ1n) is 9.96. The Balaban J connectivity index is 2.65. The Kier molecular flexibility index (Phi) is 10.3. The first kappa shape index (κ1) is 21.2. The van der Waals surface area contributed by atoms with E-state index in [9.17, 15) is 4.79 Å². The number of nitrogens with one attached hydrogen (secondary N) is 1. The number of rotatable bonds is 11. The average molecular weight is 341 g/mol. The van der Waals surface area contributed by atoms with Crippen LogP contribution >= 0.6 is 0 Å².